The quantitative estimate of drug-likeness (QED) is 0.794. The second kappa shape index (κ2) is 4.99. The number of carbonyl (C=O) groups excluding carboxylic acids is 1. The molecule has 0 heterocycles. The first-order valence-electron chi connectivity index (χ1n) is 4.35. The van der Waals surface area contributed by atoms with Crippen LogP contribution in [0.3, 0.4) is 0 Å². The lowest BCUT2D eigenvalue weighted by atomic mass is 10.3. The molecule has 0 aromatic heterocycles. The maximum absolute atomic E-state index is 11.1. The van der Waals surface area contributed by atoms with Crippen LogP contribution < -0.4 is 5.32 Å². The van der Waals surface area contributed by atoms with E-state index >= 15 is 0 Å². The molecule has 0 spiro atoms. The molecular formula is C10H11NO4. The highest BCUT2D eigenvalue weighted by molar-refractivity contribution is 5.86. The minimum absolute atomic E-state index is 0.556. The molecule has 15 heavy (non-hydrogen) atoms. The number of para-hydroxylation sites is 1. The van der Waals surface area contributed by atoms with Crippen LogP contribution in [0.2, 0.25) is 0 Å². The Hall–Kier alpha value is -2.04. The number of nitrogens with one attached hydrogen (secondary N) is 1. The maximum Gasteiger partial charge on any atom is 0.412 e. The number of aliphatic carboxylic acids is 1. The van der Waals surface area contributed by atoms with Crippen molar-refractivity contribution in [1.82, 2.24) is 0 Å². The SMILES string of the molecule is C[C@H](OC(=O)Nc1ccccc1)C(=O)O. The van der Waals surface area contributed by atoms with Crippen LogP contribution in [0.15, 0.2) is 30.3 Å². The fourth-order valence-electron chi connectivity index (χ4n) is 0.880. The summed E-state index contributed by atoms with van der Waals surface area (Å²) in [7, 11) is 0. The Morgan fingerprint density at radius 3 is 2.47 bits per heavy atom. The normalized spacial score (nSPS) is 11.5. The van der Waals surface area contributed by atoms with Gasteiger partial charge in [0, 0.05) is 5.69 Å². The zero-order chi connectivity index (χ0) is 11.3. The molecule has 0 saturated carbocycles. The van der Waals surface area contributed by atoms with Crippen LogP contribution in [0.25, 0.3) is 0 Å². The summed E-state index contributed by atoms with van der Waals surface area (Å²) in [5.74, 6) is -1.18. The van der Waals surface area contributed by atoms with Crippen molar-refractivity contribution < 1.29 is 19.4 Å². The van der Waals surface area contributed by atoms with Crippen LogP contribution in [0, 0.1) is 0 Å². The highest BCUT2D eigenvalue weighted by Crippen LogP contribution is 2.06. The van der Waals surface area contributed by atoms with E-state index in [1.54, 1.807) is 30.3 Å². The van der Waals surface area contributed by atoms with E-state index in [0.717, 1.165) is 0 Å². The Kier molecular flexibility index (Phi) is 3.68. The Bertz CT molecular complexity index is 350. The number of hydrogen-bond donors (Lipinski definition) is 2. The standard InChI is InChI=1S/C10H11NO4/c1-7(9(12)13)15-10(14)11-8-5-3-2-4-6-8/h2-7H,1H3,(H,11,14)(H,12,13)/t7-/m0/s1. The summed E-state index contributed by atoms with van der Waals surface area (Å²) in [4.78, 5) is 21.5. The first kappa shape index (κ1) is 11.0. The van der Waals surface area contributed by atoms with Gasteiger partial charge in [0.15, 0.2) is 6.10 Å². The monoisotopic (exact) mass is 209 g/mol. The lowest BCUT2D eigenvalue weighted by Crippen LogP contribution is -2.26. The Morgan fingerprint density at radius 2 is 1.93 bits per heavy atom. The van der Waals surface area contributed by atoms with Gasteiger partial charge in [-0.05, 0) is 19.1 Å². The number of hydrogen-bond acceptors (Lipinski definition) is 3. The smallest absolute Gasteiger partial charge is 0.412 e. The summed E-state index contributed by atoms with van der Waals surface area (Å²) in [6.07, 6.45) is -1.94. The van der Waals surface area contributed by atoms with E-state index < -0.39 is 18.2 Å². The molecule has 0 fully saturated rings. The molecular weight excluding hydrogens is 198 g/mol. The average Bonchev–Trinajstić information content (AvgIpc) is 2.18. The van der Waals surface area contributed by atoms with Gasteiger partial charge >= 0.3 is 12.1 Å². The van der Waals surface area contributed by atoms with Gasteiger partial charge in [-0.1, -0.05) is 18.2 Å². The van der Waals surface area contributed by atoms with Gasteiger partial charge in [-0.25, -0.2) is 9.59 Å². The van der Waals surface area contributed by atoms with Gasteiger partial charge < -0.3 is 9.84 Å². The Balaban J connectivity index is 2.47. The molecule has 1 atom stereocenters. The molecule has 1 amide bonds. The van der Waals surface area contributed by atoms with Gasteiger partial charge in [-0.15, -0.1) is 0 Å². The van der Waals surface area contributed by atoms with E-state index in [0.29, 0.717) is 5.69 Å². The van der Waals surface area contributed by atoms with Gasteiger partial charge in [-0.3, -0.25) is 5.32 Å². The second-order valence-electron chi connectivity index (χ2n) is 2.88. The highest BCUT2D eigenvalue weighted by Gasteiger charge is 2.15. The van der Waals surface area contributed by atoms with Crippen molar-refractivity contribution >= 4 is 17.7 Å². The van der Waals surface area contributed by atoms with Crippen molar-refractivity contribution in [2.45, 2.75) is 13.0 Å². The topological polar surface area (TPSA) is 75.6 Å². The van der Waals surface area contributed by atoms with Gasteiger partial charge in [0.05, 0.1) is 0 Å². The van der Waals surface area contributed by atoms with Gasteiger partial charge in [0.25, 0.3) is 0 Å². The highest BCUT2D eigenvalue weighted by atomic mass is 16.6. The predicted octanol–water partition coefficient (Wildman–Crippen LogP) is 1.71. The number of ether oxygens (including phenoxy) is 1. The molecule has 0 radical (unpaired) electrons. The molecule has 1 aromatic carbocycles. The van der Waals surface area contributed by atoms with Crippen LogP contribution in [0.4, 0.5) is 10.5 Å². The van der Waals surface area contributed by atoms with Crippen molar-refractivity contribution in [3.8, 4) is 0 Å². The summed E-state index contributed by atoms with van der Waals surface area (Å²) in [6.45, 7) is 1.28. The van der Waals surface area contributed by atoms with Gasteiger partial charge in [0.1, 0.15) is 0 Å². The summed E-state index contributed by atoms with van der Waals surface area (Å²) in [6, 6.07) is 8.64. The van der Waals surface area contributed by atoms with Crippen LogP contribution in [0.1, 0.15) is 6.92 Å². The fraction of sp³-hybridized carbons (Fsp3) is 0.200. The van der Waals surface area contributed by atoms with E-state index in [1.165, 1.54) is 6.92 Å². The minimum atomic E-state index is -1.18. The van der Waals surface area contributed by atoms with E-state index in [1.807, 2.05) is 0 Å². The van der Waals surface area contributed by atoms with E-state index in [9.17, 15) is 9.59 Å². The second-order valence-corrected chi connectivity index (χ2v) is 2.88. The Morgan fingerprint density at radius 1 is 1.33 bits per heavy atom. The van der Waals surface area contributed by atoms with Crippen LogP contribution in [0.5, 0.6) is 0 Å². The largest absolute Gasteiger partial charge is 0.479 e. The third-order valence-electron chi connectivity index (χ3n) is 1.65. The molecule has 0 unspecified atom stereocenters. The molecule has 1 aromatic rings. The first-order chi connectivity index (χ1) is 7.09. The number of anilines is 1. The molecule has 0 bridgehead atoms. The number of rotatable bonds is 3. The minimum Gasteiger partial charge on any atom is -0.479 e. The van der Waals surface area contributed by atoms with E-state index in [2.05, 4.69) is 10.1 Å². The van der Waals surface area contributed by atoms with Gasteiger partial charge in [0.2, 0.25) is 0 Å². The zero-order valence-corrected chi connectivity index (χ0v) is 8.14. The van der Waals surface area contributed by atoms with Crippen LogP contribution in [-0.2, 0) is 9.53 Å². The van der Waals surface area contributed by atoms with Crippen molar-refractivity contribution in [2.24, 2.45) is 0 Å². The molecule has 5 nitrogen and oxygen atoms in total. The summed E-state index contributed by atoms with van der Waals surface area (Å²) >= 11 is 0. The van der Waals surface area contributed by atoms with Gasteiger partial charge in [-0.2, -0.15) is 0 Å². The fourth-order valence-corrected chi connectivity index (χ4v) is 0.880. The predicted molar refractivity (Wildman–Crippen MR) is 53.6 cm³/mol. The third-order valence-corrected chi connectivity index (χ3v) is 1.65. The molecule has 1 rings (SSSR count). The molecule has 0 aliphatic heterocycles. The summed E-state index contributed by atoms with van der Waals surface area (Å²) in [5, 5.41) is 10.9. The number of carboxylic acid groups (broad SMARTS) is 1. The summed E-state index contributed by atoms with van der Waals surface area (Å²) in [5.41, 5.74) is 0.556. The van der Waals surface area contributed by atoms with Crippen molar-refractivity contribution in [3.05, 3.63) is 30.3 Å². The molecule has 2 N–H and O–H groups in total. The van der Waals surface area contributed by atoms with E-state index in [-0.39, 0.29) is 0 Å². The van der Waals surface area contributed by atoms with Crippen molar-refractivity contribution in [3.63, 3.8) is 0 Å². The maximum atomic E-state index is 11.1. The Labute approximate surface area is 86.7 Å². The lowest BCUT2D eigenvalue weighted by molar-refractivity contribution is -0.145. The number of carbonyl (C=O) groups is 2. The van der Waals surface area contributed by atoms with Crippen LogP contribution in [-0.4, -0.2) is 23.3 Å². The molecule has 5 heteroatoms. The average molecular weight is 209 g/mol. The third kappa shape index (κ3) is 3.68. The molecule has 0 aliphatic rings. The molecule has 80 valence electrons. The molecule has 0 aliphatic carbocycles. The number of carboxylic acids is 1. The van der Waals surface area contributed by atoms with E-state index in [4.69, 9.17) is 5.11 Å². The van der Waals surface area contributed by atoms with Crippen molar-refractivity contribution in [2.75, 3.05) is 5.32 Å². The van der Waals surface area contributed by atoms with Crippen LogP contribution >= 0.6 is 0 Å². The zero-order valence-electron chi connectivity index (χ0n) is 8.14. The molecule has 0 saturated heterocycles. The first-order valence-corrected chi connectivity index (χ1v) is 4.35. The number of amides is 1. The lowest BCUT2D eigenvalue weighted by Gasteiger charge is -2.09. The summed E-state index contributed by atoms with van der Waals surface area (Å²) < 4.78 is 4.57. The van der Waals surface area contributed by atoms with Crippen molar-refractivity contribution in [1.29, 1.82) is 0 Å². The number of benzene rings is 1.